The summed E-state index contributed by atoms with van der Waals surface area (Å²) >= 11 is 0. The van der Waals surface area contributed by atoms with E-state index in [4.69, 9.17) is 0 Å². The minimum atomic E-state index is 0.109. The van der Waals surface area contributed by atoms with Gasteiger partial charge in [-0.25, -0.2) is 0 Å². The van der Waals surface area contributed by atoms with Crippen molar-refractivity contribution < 1.29 is 9.59 Å². The van der Waals surface area contributed by atoms with Crippen LogP contribution >= 0.6 is 0 Å². The van der Waals surface area contributed by atoms with E-state index in [0.29, 0.717) is 12.3 Å². The van der Waals surface area contributed by atoms with Gasteiger partial charge in [0.15, 0.2) is 0 Å². The molecule has 0 aliphatic heterocycles. The number of hydrogen-bond acceptors (Lipinski definition) is 3. The topological polar surface area (TPSA) is 58.2 Å². The van der Waals surface area contributed by atoms with Crippen molar-refractivity contribution in [2.75, 3.05) is 19.6 Å². The largest absolute Gasteiger partial charge is 0.355 e. The fourth-order valence-corrected chi connectivity index (χ4v) is 2.83. The first kappa shape index (κ1) is 17.2. The van der Waals surface area contributed by atoms with Crippen molar-refractivity contribution >= 4 is 11.7 Å². The zero-order valence-electron chi connectivity index (χ0n) is 13.2. The molecule has 0 aromatic rings. The van der Waals surface area contributed by atoms with Crippen molar-refractivity contribution in [2.45, 2.75) is 52.9 Å². The zero-order chi connectivity index (χ0) is 15.0. The molecule has 0 atom stereocenters. The van der Waals surface area contributed by atoms with E-state index < -0.39 is 0 Å². The molecule has 0 aromatic carbocycles. The van der Waals surface area contributed by atoms with Gasteiger partial charge < -0.3 is 10.6 Å². The van der Waals surface area contributed by atoms with Crippen LogP contribution in [0.2, 0.25) is 0 Å². The van der Waals surface area contributed by atoms with E-state index in [9.17, 15) is 9.59 Å². The van der Waals surface area contributed by atoms with E-state index in [1.54, 1.807) is 0 Å². The number of Topliss-reactive ketones (excluding diaryl/α,β-unsaturated/α-hetero) is 1. The van der Waals surface area contributed by atoms with Crippen molar-refractivity contribution in [1.82, 2.24) is 10.6 Å². The minimum absolute atomic E-state index is 0.109. The first-order valence-electron chi connectivity index (χ1n) is 8.08. The summed E-state index contributed by atoms with van der Waals surface area (Å²) in [6.45, 7) is 8.58. The van der Waals surface area contributed by atoms with Crippen molar-refractivity contribution in [2.24, 2.45) is 17.8 Å². The van der Waals surface area contributed by atoms with Crippen molar-refractivity contribution in [1.29, 1.82) is 0 Å². The number of carbonyl (C=O) groups excluding carboxylic acids is 2. The summed E-state index contributed by atoms with van der Waals surface area (Å²) < 4.78 is 0. The summed E-state index contributed by atoms with van der Waals surface area (Å²) in [5, 5.41) is 6.26. The molecule has 116 valence electrons. The number of ketones is 1. The summed E-state index contributed by atoms with van der Waals surface area (Å²) in [5.41, 5.74) is 0. The van der Waals surface area contributed by atoms with Crippen LogP contribution in [0.5, 0.6) is 0 Å². The van der Waals surface area contributed by atoms with Gasteiger partial charge in [0.25, 0.3) is 0 Å². The lowest BCUT2D eigenvalue weighted by molar-refractivity contribution is -0.130. The van der Waals surface area contributed by atoms with Gasteiger partial charge >= 0.3 is 0 Å². The highest BCUT2D eigenvalue weighted by Gasteiger charge is 2.30. The Labute approximate surface area is 123 Å². The van der Waals surface area contributed by atoms with Crippen LogP contribution in [0, 0.1) is 17.8 Å². The monoisotopic (exact) mass is 282 g/mol. The van der Waals surface area contributed by atoms with E-state index in [-0.39, 0.29) is 23.7 Å². The van der Waals surface area contributed by atoms with E-state index in [0.717, 1.165) is 45.2 Å². The molecule has 0 heterocycles. The van der Waals surface area contributed by atoms with Gasteiger partial charge in [-0.05, 0) is 38.6 Å². The molecule has 2 N–H and O–H groups in total. The van der Waals surface area contributed by atoms with Gasteiger partial charge in [0.2, 0.25) is 5.91 Å². The molecule has 20 heavy (non-hydrogen) atoms. The second-order valence-electron chi connectivity index (χ2n) is 6.15. The molecule has 0 bridgehead atoms. The SMILES string of the molecule is CCCNCCNC(=O)[C@H]1CC[C@H](C(=O)C(C)C)CC1. The molecule has 1 aliphatic carbocycles. The van der Waals surface area contributed by atoms with Gasteiger partial charge in [-0.2, -0.15) is 0 Å². The van der Waals surface area contributed by atoms with Crippen LogP contribution in [0.3, 0.4) is 0 Å². The van der Waals surface area contributed by atoms with Crippen LogP contribution < -0.4 is 10.6 Å². The van der Waals surface area contributed by atoms with Crippen molar-refractivity contribution in [3.05, 3.63) is 0 Å². The Morgan fingerprint density at radius 3 is 2.15 bits per heavy atom. The van der Waals surface area contributed by atoms with E-state index in [1.165, 1.54) is 0 Å². The zero-order valence-corrected chi connectivity index (χ0v) is 13.2. The van der Waals surface area contributed by atoms with Gasteiger partial charge in [-0.1, -0.05) is 20.8 Å². The average molecular weight is 282 g/mol. The van der Waals surface area contributed by atoms with E-state index in [2.05, 4.69) is 17.6 Å². The molecule has 0 radical (unpaired) electrons. The third-order valence-electron chi connectivity index (χ3n) is 4.10. The maximum Gasteiger partial charge on any atom is 0.223 e. The molecule has 4 nitrogen and oxygen atoms in total. The van der Waals surface area contributed by atoms with Crippen LogP contribution in [-0.4, -0.2) is 31.3 Å². The molecule has 1 aliphatic rings. The maximum atomic E-state index is 12.0. The lowest BCUT2D eigenvalue weighted by Crippen LogP contribution is -2.38. The molecular formula is C16H30N2O2. The lowest BCUT2D eigenvalue weighted by atomic mass is 9.77. The molecule has 0 aromatic heterocycles. The second-order valence-corrected chi connectivity index (χ2v) is 6.15. The molecule has 1 amide bonds. The summed E-state index contributed by atoms with van der Waals surface area (Å²) in [6, 6.07) is 0. The fraction of sp³-hybridized carbons (Fsp3) is 0.875. The first-order chi connectivity index (χ1) is 9.56. The summed E-state index contributed by atoms with van der Waals surface area (Å²) in [4.78, 5) is 24.0. The third kappa shape index (κ3) is 5.61. The van der Waals surface area contributed by atoms with Crippen LogP contribution in [0.1, 0.15) is 52.9 Å². The molecular weight excluding hydrogens is 252 g/mol. The molecule has 1 saturated carbocycles. The highest BCUT2D eigenvalue weighted by Crippen LogP contribution is 2.30. The normalized spacial score (nSPS) is 22.8. The van der Waals surface area contributed by atoms with Gasteiger partial charge in [0, 0.05) is 30.8 Å². The molecule has 0 spiro atoms. The third-order valence-corrected chi connectivity index (χ3v) is 4.10. The Morgan fingerprint density at radius 2 is 1.60 bits per heavy atom. The lowest BCUT2D eigenvalue weighted by Gasteiger charge is -2.27. The molecule has 4 heteroatoms. The smallest absolute Gasteiger partial charge is 0.223 e. The second kappa shape index (κ2) is 9.11. The van der Waals surface area contributed by atoms with Crippen molar-refractivity contribution in [3.63, 3.8) is 0 Å². The minimum Gasteiger partial charge on any atom is -0.355 e. The standard InChI is InChI=1S/C16H30N2O2/c1-4-9-17-10-11-18-16(20)14-7-5-13(6-8-14)15(19)12(2)3/h12-14,17H,4-11H2,1-3H3,(H,18,20)/t13-,14-. The Balaban J connectivity index is 2.20. The molecule has 0 saturated heterocycles. The quantitative estimate of drug-likeness (QED) is 0.671. The highest BCUT2D eigenvalue weighted by molar-refractivity contribution is 5.83. The van der Waals surface area contributed by atoms with Crippen LogP contribution in [0.15, 0.2) is 0 Å². The number of hydrogen-bond donors (Lipinski definition) is 2. The average Bonchev–Trinajstić information content (AvgIpc) is 2.46. The Bertz CT molecular complexity index is 308. The Kier molecular flexibility index (Phi) is 7.82. The van der Waals surface area contributed by atoms with E-state index in [1.807, 2.05) is 13.8 Å². The summed E-state index contributed by atoms with van der Waals surface area (Å²) in [7, 11) is 0. The first-order valence-corrected chi connectivity index (χ1v) is 8.08. The van der Waals surface area contributed by atoms with Crippen LogP contribution in [0.25, 0.3) is 0 Å². The predicted molar refractivity (Wildman–Crippen MR) is 81.5 cm³/mol. The highest BCUT2D eigenvalue weighted by atomic mass is 16.2. The number of carbonyl (C=O) groups is 2. The number of amides is 1. The maximum absolute atomic E-state index is 12.0. The molecule has 1 fully saturated rings. The number of nitrogens with one attached hydrogen (secondary N) is 2. The Morgan fingerprint density at radius 1 is 1.00 bits per heavy atom. The summed E-state index contributed by atoms with van der Waals surface area (Å²) in [5.74, 6) is 0.948. The van der Waals surface area contributed by atoms with E-state index >= 15 is 0 Å². The number of rotatable bonds is 8. The van der Waals surface area contributed by atoms with Crippen molar-refractivity contribution in [3.8, 4) is 0 Å². The summed E-state index contributed by atoms with van der Waals surface area (Å²) in [6.07, 6.45) is 4.59. The van der Waals surface area contributed by atoms with Gasteiger partial charge in [0.1, 0.15) is 5.78 Å². The molecule has 0 unspecified atom stereocenters. The van der Waals surface area contributed by atoms with Crippen LogP contribution in [-0.2, 0) is 9.59 Å². The van der Waals surface area contributed by atoms with Gasteiger partial charge in [-0.3, -0.25) is 9.59 Å². The van der Waals surface area contributed by atoms with Crippen LogP contribution in [0.4, 0.5) is 0 Å². The van der Waals surface area contributed by atoms with Gasteiger partial charge in [-0.15, -0.1) is 0 Å². The van der Waals surface area contributed by atoms with Gasteiger partial charge in [0.05, 0.1) is 0 Å². The Hall–Kier alpha value is -0.900. The molecule has 1 rings (SSSR count). The predicted octanol–water partition coefficient (Wildman–Crippen LogP) is 2.13. The fourth-order valence-electron chi connectivity index (χ4n) is 2.83.